The van der Waals surface area contributed by atoms with E-state index < -0.39 is 0 Å². The van der Waals surface area contributed by atoms with Crippen molar-refractivity contribution in [2.24, 2.45) is 0 Å². The molecule has 0 bridgehead atoms. The lowest BCUT2D eigenvalue weighted by atomic mass is 10.2. The number of halogens is 2. The number of nitriles is 2. The molecule has 0 aliphatic carbocycles. The molecule has 2 N–H and O–H groups in total. The first kappa shape index (κ1) is 10.0. The summed E-state index contributed by atoms with van der Waals surface area (Å²) in [6.07, 6.45) is 0. The van der Waals surface area contributed by atoms with Crippen LogP contribution in [0.4, 0.5) is 5.82 Å². The molecule has 0 fully saturated rings. The summed E-state index contributed by atoms with van der Waals surface area (Å²) in [7, 11) is 0. The summed E-state index contributed by atoms with van der Waals surface area (Å²) in [4.78, 5) is 3.67. The van der Waals surface area contributed by atoms with Crippen molar-refractivity contribution in [3.63, 3.8) is 0 Å². The standard InChI is InChI=1S/C7H2ClIN4/c8-6-3(1-10)5(9)4(2-11)7(12)13-6/h(H2,12,13). The van der Waals surface area contributed by atoms with Crippen LogP contribution in [-0.4, -0.2) is 4.98 Å². The van der Waals surface area contributed by atoms with Crippen molar-refractivity contribution in [3.05, 3.63) is 19.9 Å². The highest BCUT2D eigenvalue weighted by Gasteiger charge is 2.14. The quantitative estimate of drug-likeness (QED) is 0.583. The lowest BCUT2D eigenvalue weighted by Crippen LogP contribution is -2.01. The van der Waals surface area contributed by atoms with Crippen molar-refractivity contribution in [2.45, 2.75) is 0 Å². The highest BCUT2D eigenvalue weighted by molar-refractivity contribution is 14.1. The molecule has 0 aromatic carbocycles. The zero-order valence-electron chi connectivity index (χ0n) is 6.17. The fourth-order valence-electron chi connectivity index (χ4n) is 0.747. The molecule has 0 radical (unpaired) electrons. The van der Waals surface area contributed by atoms with E-state index in [9.17, 15) is 0 Å². The average Bonchev–Trinajstić information content (AvgIpc) is 2.04. The molecule has 4 nitrogen and oxygen atoms in total. The number of nitrogen functional groups attached to an aromatic ring is 1. The molecule has 0 aliphatic rings. The molecule has 64 valence electrons. The zero-order valence-corrected chi connectivity index (χ0v) is 9.09. The Hall–Kier alpha value is -1.05. The summed E-state index contributed by atoms with van der Waals surface area (Å²) in [6, 6.07) is 3.72. The van der Waals surface area contributed by atoms with Crippen molar-refractivity contribution >= 4 is 40.0 Å². The number of nitrogens with two attached hydrogens (primary N) is 1. The van der Waals surface area contributed by atoms with Gasteiger partial charge in [0.1, 0.15) is 34.2 Å². The van der Waals surface area contributed by atoms with Crippen LogP contribution in [0.1, 0.15) is 11.1 Å². The van der Waals surface area contributed by atoms with E-state index in [4.69, 9.17) is 27.9 Å². The smallest absolute Gasteiger partial charge is 0.150 e. The Morgan fingerprint density at radius 2 is 1.85 bits per heavy atom. The Balaban J connectivity index is 3.63. The fourth-order valence-corrected chi connectivity index (χ4v) is 1.91. The number of anilines is 1. The van der Waals surface area contributed by atoms with E-state index in [-0.39, 0.29) is 22.1 Å². The molecule has 0 unspecified atom stereocenters. The van der Waals surface area contributed by atoms with Crippen LogP contribution in [0.25, 0.3) is 0 Å². The molecule has 0 atom stereocenters. The highest BCUT2D eigenvalue weighted by atomic mass is 127. The molecule has 1 rings (SSSR count). The topological polar surface area (TPSA) is 86.5 Å². The van der Waals surface area contributed by atoms with Crippen LogP contribution >= 0.6 is 34.2 Å². The molecule has 1 aromatic rings. The van der Waals surface area contributed by atoms with E-state index >= 15 is 0 Å². The largest absolute Gasteiger partial charge is 0.383 e. The third-order valence-electron chi connectivity index (χ3n) is 1.34. The second-order valence-corrected chi connectivity index (χ2v) is 3.51. The van der Waals surface area contributed by atoms with Crippen molar-refractivity contribution in [1.29, 1.82) is 10.5 Å². The Morgan fingerprint density at radius 3 is 2.31 bits per heavy atom. The maximum Gasteiger partial charge on any atom is 0.150 e. The van der Waals surface area contributed by atoms with Gasteiger partial charge in [0.05, 0.1) is 3.57 Å². The summed E-state index contributed by atoms with van der Waals surface area (Å²) < 4.78 is 0.445. The van der Waals surface area contributed by atoms with Crippen LogP contribution in [0.5, 0.6) is 0 Å². The molecule has 0 aliphatic heterocycles. The minimum absolute atomic E-state index is 0.0309. The van der Waals surface area contributed by atoms with Crippen molar-refractivity contribution in [3.8, 4) is 12.1 Å². The molecule has 6 heteroatoms. The monoisotopic (exact) mass is 304 g/mol. The van der Waals surface area contributed by atoms with E-state index in [1.165, 1.54) is 0 Å². The second-order valence-electron chi connectivity index (χ2n) is 2.08. The lowest BCUT2D eigenvalue weighted by Gasteiger charge is -2.02. The maximum absolute atomic E-state index is 8.68. The van der Waals surface area contributed by atoms with Crippen molar-refractivity contribution in [2.75, 3.05) is 5.73 Å². The van der Waals surface area contributed by atoms with Crippen molar-refractivity contribution < 1.29 is 0 Å². The van der Waals surface area contributed by atoms with Gasteiger partial charge in [0.15, 0.2) is 0 Å². The highest BCUT2D eigenvalue weighted by Crippen LogP contribution is 2.25. The molecular weight excluding hydrogens is 302 g/mol. The van der Waals surface area contributed by atoms with Gasteiger partial charge in [-0.25, -0.2) is 4.98 Å². The van der Waals surface area contributed by atoms with Crippen LogP contribution in [-0.2, 0) is 0 Å². The zero-order chi connectivity index (χ0) is 10.0. The van der Waals surface area contributed by atoms with E-state index in [0.29, 0.717) is 3.57 Å². The van der Waals surface area contributed by atoms with Gasteiger partial charge in [-0.1, -0.05) is 11.6 Å². The van der Waals surface area contributed by atoms with Crippen LogP contribution < -0.4 is 5.73 Å². The molecule has 1 aromatic heterocycles. The maximum atomic E-state index is 8.68. The Labute approximate surface area is 93.1 Å². The van der Waals surface area contributed by atoms with Gasteiger partial charge in [-0.05, 0) is 22.6 Å². The number of hydrogen-bond donors (Lipinski definition) is 1. The normalized spacial score (nSPS) is 8.92. The molecule has 0 amide bonds. The third-order valence-corrected chi connectivity index (χ3v) is 2.70. The van der Waals surface area contributed by atoms with Gasteiger partial charge >= 0.3 is 0 Å². The summed E-state index contributed by atoms with van der Waals surface area (Å²) in [5, 5.41) is 17.4. The number of rotatable bonds is 0. The Kier molecular flexibility index (Phi) is 2.91. The summed E-state index contributed by atoms with van der Waals surface area (Å²) in [6.45, 7) is 0. The molecule has 13 heavy (non-hydrogen) atoms. The van der Waals surface area contributed by atoms with E-state index in [1.54, 1.807) is 0 Å². The van der Waals surface area contributed by atoms with Crippen LogP contribution in [0.15, 0.2) is 0 Å². The molecular formula is C7H2ClIN4. The predicted octanol–water partition coefficient (Wildman–Crippen LogP) is 1.67. The number of aromatic nitrogens is 1. The SMILES string of the molecule is N#Cc1c(N)nc(Cl)c(C#N)c1I. The van der Waals surface area contributed by atoms with Crippen molar-refractivity contribution in [1.82, 2.24) is 4.98 Å². The van der Waals surface area contributed by atoms with Gasteiger partial charge in [-0.2, -0.15) is 10.5 Å². The first-order valence-corrected chi connectivity index (χ1v) is 4.52. The number of nitrogens with zero attached hydrogens (tertiary/aromatic N) is 3. The molecule has 1 heterocycles. The minimum atomic E-state index is 0.0309. The Morgan fingerprint density at radius 1 is 1.31 bits per heavy atom. The van der Waals surface area contributed by atoms with Gasteiger partial charge in [-0.15, -0.1) is 0 Å². The third kappa shape index (κ3) is 1.67. The number of pyridine rings is 1. The molecule has 0 saturated carbocycles. The molecule has 0 spiro atoms. The Bertz CT molecular complexity index is 405. The number of hydrogen-bond acceptors (Lipinski definition) is 4. The van der Waals surface area contributed by atoms with E-state index in [1.807, 2.05) is 34.7 Å². The lowest BCUT2D eigenvalue weighted by molar-refractivity contribution is 1.27. The minimum Gasteiger partial charge on any atom is -0.383 e. The van der Waals surface area contributed by atoms with Gasteiger partial charge in [0, 0.05) is 0 Å². The average molecular weight is 304 g/mol. The first-order valence-electron chi connectivity index (χ1n) is 3.06. The van der Waals surface area contributed by atoms with Crippen LogP contribution in [0, 0.1) is 26.2 Å². The summed E-state index contributed by atoms with van der Waals surface area (Å²) in [5.74, 6) is 0.0518. The predicted molar refractivity (Wildman–Crippen MR) is 55.8 cm³/mol. The van der Waals surface area contributed by atoms with Gasteiger partial charge in [0.2, 0.25) is 0 Å². The second kappa shape index (κ2) is 3.77. The van der Waals surface area contributed by atoms with Crippen LogP contribution in [0.3, 0.4) is 0 Å². The summed E-state index contributed by atoms with van der Waals surface area (Å²) >= 11 is 7.48. The van der Waals surface area contributed by atoms with Gasteiger partial charge in [0.25, 0.3) is 0 Å². The van der Waals surface area contributed by atoms with E-state index in [2.05, 4.69) is 4.98 Å². The fraction of sp³-hybridized carbons (Fsp3) is 0. The summed E-state index contributed by atoms with van der Waals surface area (Å²) in [5.41, 5.74) is 5.81. The first-order chi connectivity index (χ1) is 6.11. The van der Waals surface area contributed by atoms with Gasteiger partial charge in [-0.3, -0.25) is 0 Å². The van der Waals surface area contributed by atoms with Crippen LogP contribution in [0.2, 0.25) is 5.15 Å². The van der Waals surface area contributed by atoms with E-state index in [0.717, 1.165) is 0 Å². The van der Waals surface area contributed by atoms with Gasteiger partial charge < -0.3 is 5.73 Å². The molecule has 0 saturated heterocycles.